The van der Waals surface area contributed by atoms with E-state index >= 15 is 0 Å². The second-order valence-electron chi connectivity index (χ2n) is 5.10. The van der Waals surface area contributed by atoms with E-state index in [-0.39, 0.29) is 5.60 Å². The van der Waals surface area contributed by atoms with Gasteiger partial charge in [-0.15, -0.1) is 0 Å². The first kappa shape index (κ1) is 20.0. The molecule has 0 saturated heterocycles. The van der Waals surface area contributed by atoms with Crippen LogP contribution in [0, 0.1) is 0 Å². The zero-order chi connectivity index (χ0) is 15.6. The van der Waals surface area contributed by atoms with Gasteiger partial charge in [-0.25, -0.2) is 0 Å². The zero-order valence-corrected chi connectivity index (χ0v) is 14.1. The topological polar surface area (TPSA) is 21.6 Å². The number of hydrogen-bond acceptors (Lipinski definition) is 2. The van der Waals surface area contributed by atoms with Gasteiger partial charge in [-0.05, 0) is 59.1 Å². The molecule has 0 aromatic heterocycles. The average molecular weight is 265 g/mol. The number of allylic oxidation sites excluding steroid dienone is 2. The minimum atomic E-state index is -0.332. The van der Waals surface area contributed by atoms with Crippen LogP contribution < -0.4 is 0 Å². The maximum absolute atomic E-state index is 5.69. The van der Waals surface area contributed by atoms with Crippen molar-refractivity contribution in [1.82, 2.24) is 0 Å². The van der Waals surface area contributed by atoms with Crippen molar-refractivity contribution in [2.75, 3.05) is 7.05 Å². The van der Waals surface area contributed by atoms with Crippen molar-refractivity contribution in [3.8, 4) is 0 Å². The summed E-state index contributed by atoms with van der Waals surface area (Å²) in [7, 11) is 1.82. The Labute approximate surface area is 120 Å². The summed E-state index contributed by atoms with van der Waals surface area (Å²) in [5.74, 6) is 0.718. The molecule has 19 heavy (non-hydrogen) atoms. The highest BCUT2D eigenvalue weighted by atomic mass is 16.5. The van der Waals surface area contributed by atoms with E-state index in [1.807, 2.05) is 54.7 Å². The fraction of sp³-hybridized carbons (Fsp3) is 0.588. The fourth-order valence-electron chi connectivity index (χ4n) is 0.795. The van der Waals surface area contributed by atoms with Gasteiger partial charge in [0.15, 0.2) is 0 Å². The number of aliphatic imine (C=N–C) groups is 1. The molecule has 0 atom stereocenters. The van der Waals surface area contributed by atoms with Crippen molar-refractivity contribution in [3.63, 3.8) is 0 Å². The molecular weight excluding hydrogens is 234 g/mol. The second-order valence-corrected chi connectivity index (χ2v) is 5.10. The molecule has 0 N–H and O–H groups in total. The molecule has 0 saturated carbocycles. The molecule has 0 amide bonds. The highest BCUT2D eigenvalue weighted by molar-refractivity contribution is 5.81. The van der Waals surface area contributed by atoms with Crippen LogP contribution in [-0.4, -0.2) is 18.4 Å². The van der Waals surface area contributed by atoms with Gasteiger partial charge >= 0.3 is 0 Å². The summed E-state index contributed by atoms with van der Waals surface area (Å²) in [6, 6.07) is 0. The first-order chi connectivity index (χ1) is 8.62. The van der Waals surface area contributed by atoms with E-state index in [1.54, 1.807) is 0 Å². The molecule has 0 aromatic rings. The second kappa shape index (κ2) is 9.60. The van der Waals surface area contributed by atoms with Crippen LogP contribution in [0.5, 0.6) is 0 Å². The largest absolute Gasteiger partial charge is 0.484 e. The molecule has 0 rings (SSSR count). The maximum Gasteiger partial charge on any atom is 0.124 e. The average Bonchev–Trinajstić information content (AvgIpc) is 2.36. The van der Waals surface area contributed by atoms with Crippen LogP contribution in [-0.2, 0) is 4.74 Å². The lowest BCUT2D eigenvalue weighted by Crippen LogP contribution is -2.25. The lowest BCUT2D eigenvalue weighted by atomic mass is 10.0. The van der Waals surface area contributed by atoms with Gasteiger partial charge < -0.3 is 4.74 Å². The van der Waals surface area contributed by atoms with Crippen LogP contribution in [0.2, 0.25) is 0 Å². The molecule has 0 heterocycles. The summed E-state index contributed by atoms with van der Waals surface area (Å²) in [5.41, 5.74) is 2.95. The van der Waals surface area contributed by atoms with E-state index in [9.17, 15) is 0 Å². The molecule has 0 aliphatic carbocycles. The summed E-state index contributed by atoms with van der Waals surface area (Å²) in [4.78, 5) is 3.92. The van der Waals surface area contributed by atoms with Crippen LogP contribution in [0.25, 0.3) is 0 Å². The smallest absolute Gasteiger partial charge is 0.124 e. The third-order valence-corrected chi connectivity index (χ3v) is 3.17. The van der Waals surface area contributed by atoms with E-state index in [1.165, 1.54) is 5.71 Å². The van der Waals surface area contributed by atoms with Gasteiger partial charge in [-0.3, -0.25) is 4.99 Å². The van der Waals surface area contributed by atoms with Gasteiger partial charge in [0.2, 0.25) is 0 Å². The Morgan fingerprint density at radius 1 is 1.21 bits per heavy atom. The molecule has 0 aliphatic heterocycles. The van der Waals surface area contributed by atoms with Gasteiger partial charge in [0.25, 0.3) is 0 Å². The van der Waals surface area contributed by atoms with Crippen LogP contribution in [0.15, 0.2) is 41.1 Å². The minimum Gasteiger partial charge on any atom is -0.484 e. The highest BCUT2D eigenvalue weighted by Gasteiger charge is 2.21. The van der Waals surface area contributed by atoms with E-state index in [4.69, 9.17) is 4.74 Å². The zero-order valence-electron chi connectivity index (χ0n) is 14.1. The van der Waals surface area contributed by atoms with Crippen LogP contribution >= 0.6 is 0 Å². The number of rotatable bonds is 5. The van der Waals surface area contributed by atoms with Gasteiger partial charge in [0.1, 0.15) is 11.4 Å². The molecule has 2 heteroatoms. The van der Waals surface area contributed by atoms with Crippen LogP contribution in [0.3, 0.4) is 0 Å². The molecule has 0 spiro atoms. The van der Waals surface area contributed by atoms with Gasteiger partial charge in [0, 0.05) is 12.8 Å². The highest BCUT2D eigenvalue weighted by Crippen LogP contribution is 2.24. The molecule has 0 radical (unpaired) electrons. The lowest BCUT2D eigenvalue weighted by molar-refractivity contribution is 0.0744. The first-order valence-electron chi connectivity index (χ1n) is 6.71. The van der Waals surface area contributed by atoms with E-state index < -0.39 is 0 Å². The van der Waals surface area contributed by atoms with E-state index in [0.717, 1.165) is 23.3 Å². The lowest BCUT2D eigenvalue weighted by Gasteiger charge is -2.28. The maximum atomic E-state index is 5.69. The monoisotopic (exact) mass is 265 g/mol. The Morgan fingerprint density at radius 2 is 1.68 bits per heavy atom. The Bertz CT molecular complexity index is 359. The quantitative estimate of drug-likeness (QED) is 0.285. The van der Waals surface area contributed by atoms with Crippen molar-refractivity contribution in [2.24, 2.45) is 4.99 Å². The summed E-state index contributed by atoms with van der Waals surface area (Å²) in [6.45, 7) is 21.8. The summed E-state index contributed by atoms with van der Waals surface area (Å²) in [6.07, 6.45) is 3.06. The Kier molecular flexibility index (Phi) is 10.1. The number of ether oxygens (including phenoxy) is 1. The Morgan fingerprint density at radius 3 is 1.89 bits per heavy atom. The number of nitrogens with zero attached hydrogens (tertiary/aromatic N) is 1. The van der Waals surface area contributed by atoms with Crippen molar-refractivity contribution >= 4 is 5.71 Å². The Hall–Kier alpha value is -1.31. The van der Waals surface area contributed by atoms with Crippen LogP contribution in [0.4, 0.5) is 0 Å². The molecule has 2 nitrogen and oxygen atoms in total. The van der Waals surface area contributed by atoms with Crippen molar-refractivity contribution in [3.05, 3.63) is 36.1 Å². The van der Waals surface area contributed by atoms with Gasteiger partial charge in [-0.1, -0.05) is 26.2 Å². The third-order valence-electron chi connectivity index (χ3n) is 3.17. The minimum absolute atomic E-state index is 0.332. The normalized spacial score (nSPS) is 12.4. The van der Waals surface area contributed by atoms with E-state index in [0.29, 0.717) is 0 Å². The summed E-state index contributed by atoms with van der Waals surface area (Å²) >= 11 is 0. The standard InChI is InChI=1S/C12H20O.C5H11N/c1-8-10(4)11(5)13-12(6,7)9(2)3;1-4-5(2)6-3/h8H,2,5H2,1,3-4,6-7H3;4H2,1-3H3/b10-8-;. The molecule has 0 aromatic carbocycles. The number of hydrogen-bond donors (Lipinski definition) is 0. The van der Waals surface area contributed by atoms with Gasteiger partial charge in [0.05, 0.1) is 0 Å². The predicted octanol–water partition coefficient (Wildman–Crippen LogP) is 5.32. The fourth-order valence-corrected chi connectivity index (χ4v) is 0.795. The van der Waals surface area contributed by atoms with Gasteiger partial charge in [-0.2, -0.15) is 0 Å². The van der Waals surface area contributed by atoms with Crippen molar-refractivity contribution in [2.45, 2.75) is 60.5 Å². The van der Waals surface area contributed by atoms with Crippen LogP contribution in [0.1, 0.15) is 54.9 Å². The van der Waals surface area contributed by atoms with E-state index in [2.05, 4.69) is 25.1 Å². The van der Waals surface area contributed by atoms with Crippen molar-refractivity contribution < 1.29 is 4.74 Å². The molecule has 0 fully saturated rings. The molecule has 0 bridgehead atoms. The molecular formula is C17H31NO. The summed E-state index contributed by atoms with van der Waals surface area (Å²) in [5, 5.41) is 0. The first-order valence-corrected chi connectivity index (χ1v) is 6.71. The molecule has 110 valence electrons. The molecule has 0 aliphatic rings. The third kappa shape index (κ3) is 9.29. The predicted molar refractivity (Wildman–Crippen MR) is 87.9 cm³/mol. The summed E-state index contributed by atoms with van der Waals surface area (Å²) < 4.78 is 5.69. The molecule has 0 unspecified atom stereocenters. The Balaban J connectivity index is 0. The van der Waals surface area contributed by atoms with Crippen molar-refractivity contribution in [1.29, 1.82) is 0 Å². The SMILES string of the molecule is C=C(OC(C)(C)C(=C)C)/C(C)=C\C.CCC(C)=NC.